The normalized spacial score (nSPS) is 11.0. The van der Waals surface area contributed by atoms with Crippen molar-refractivity contribution in [2.24, 2.45) is 11.5 Å². The SMILES string of the molecule is NCCc1cccc(-c2cncc(-c3ccc(-c4cncc(-c5cccc(CCN)c5)c4)s3)c2)c1. The fourth-order valence-electron chi connectivity index (χ4n) is 4.26. The molecule has 5 aromatic rings. The van der Waals surface area contributed by atoms with E-state index in [1.807, 2.05) is 24.8 Å². The van der Waals surface area contributed by atoms with Crippen molar-refractivity contribution >= 4 is 11.3 Å². The zero-order chi connectivity index (χ0) is 24.0. The monoisotopic (exact) mass is 476 g/mol. The van der Waals surface area contributed by atoms with Gasteiger partial charge in [-0.25, -0.2) is 0 Å². The van der Waals surface area contributed by atoms with Crippen molar-refractivity contribution in [3.8, 4) is 43.1 Å². The lowest BCUT2D eigenvalue weighted by atomic mass is 10.0. The molecule has 4 N–H and O–H groups in total. The van der Waals surface area contributed by atoms with E-state index in [4.69, 9.17) is 11.5 Å². The lowest BCUT2D eigenvalue weighted by molar-refractivity contribution is 0.969. The molecule has 0 amide bonds. The first-order valence-corrected chi connectivity index (χ1v) is 12.6. The lowest BCUT2D eigenvalue weighted by Gasteiger charge is -2.07. The van der Waals surface area contributed by atoms with Crippen LogP contribution in [0.1, 0.15) is 11.1 Å². The van der Waals surface area contributed by atoms with Gasteiger partial charge in [0.05, 0.1) is 0 Å². The molecule has 3 aromatic heterocycles. The van der Waals surface area contributed by atoms with E-state index in [0.717, 1.165) is 46.2 Å². The van der Waals surface area contributed by atoms with Gasteiger partial charge in [-0.05, 0) is 72.5 Å². The van der Waals surface area contributed by atoms with Crippen molar-refractivity contribution in [3.63, 3.8) is 0 Å². The zero-order valence-corrected chi connectivity index (χ0v) is 20.3. The van der Waals surface area contributed by atoms with Gasteiger partial charge in [-0.3, -0.25) is 9.97 Å². The third kappa shape index (κ3) is 5.38. The summed E-state index contributed by atoms with van der Waals surface area (Å²) >= 11 is 1.76. The molecule has 0 aliphatic rings. The number of rotatable bonds is 8. The lowest BCUT2D eigenvalue weighted by Crippen LogP contribution is -2.02. The maximum Gasteiger partial charge on any atom is 0.0365 e. The van der Waals surface area contributed by atoms with Crippen LogP contribution in [0, 0.1) is 0 Å². The summed E-state index contributed by atoms with van der Waals surface area (Å²) in [4.78, 5) is 11.4. The molecule has 35 heavy (non-hydrogen) atoms. The van der Waals surface area contributed by atoms with Gasteiger partial charge in [-0.2, -0.15) is 0 Å². The number of thiophene rings is 1. The second-order valence-corrected chi connectivity index (χ2v) is 9.65. The van der Waals surface area contributed by atoms with E-state index in [1.54, 1.807) is 11.3 Å². The Kier molecular flexibility index (Phi) is 7.09. The van der Waals surface area contributed by atoms with E-state index in [-0.39, 0.29) is 0 Å². The van der Waals surface area contributed by atoms with E-state index >= 15 is 0 Å². The number of aromatic nitrogens is 2. The minimum absolute atomic E-state index is 0.648. The van der Waals surface area contributed by atoms with Crippen LogP contribution in [0.4, 0.5) is 0 Å². The van der Waals surface area contributed by atoms with Gasteiger partial charge in [0.25, 0.3) is 0 Å². The number of hydrogen-bond donors (Lipinski definition) is 2. The summed E-state index contributed by atoms with van der Waals surface area (Å²) in [6.07, 6.45) is 9.46. The molecular formula is C30H28N4S. The number of nitrogens with two attached hydrogens (primary N) is 2. The number of hydrogen-bond acceptors (Lipinski definition) is 5. The smallest absolute Gasteiger partial charge is 0.0365 e. The summed E-state index contributed by atoms with van der Waals surface area (Å²) in [5, 5.41) is 0. The van der Waals surface area contributed by atoms with Gasteiger partial charge < -0.3 is 11.5 Å². The highest BCUT2D eigenvalue weighted by atomic mass is 32.1. The predicted molar refractivity (Wildman–Crippen MR) is 147 cm³/mol. The van der Waals surface area contributed by atoms with Gasteiger partial charge in [0, 0.05) is 56.8 Å². The summed E-state index contributed by atoms with van der Waals surface area (Å²) in [5.74, 6) is 0. The molecule has 3 heterocycles. The first kappa shape index (κ1) is 23.1. The van der Waals surface area contributed by atoms with E-state index in [9.17, 15) is 0 Å². The summed E-state index contributed by atoms with van der Waals surface area (Å²) in [5.41, 5.74) is 20.7. The van der Waals surface area contributed by atoms with Crippen molar-refractivity contribution in [1.82, 2.24) is 9.97 Å². The Morgan fingerprint density at radius 1 is 0.514 bits per heavy atom. The summed E-state index contributed by atoms with van der Waals surface area (Å²) in [6.45, 7) is 1.30. The Hall–Kier alpha value is -3.64. The molecule has 0 saturated heterocycles. The molecule has 174 valence electrons. The summed E-state index contributed by atoms with van der Waals surface area (Å²) in [7, 11) is 0. The fourth-order valence-corrected chi connectivity index (χ4v) is 5.23. The largest absolute Gasteiger partial charge is 0.330 e. The summed E-state index contributed by atoms with van der Waals surface area (Å²) in [6, 6.07) is 25.8. The van der Waals surface area contributed by atoms with Gasteiger partial charge in [0.1, 0.15) is 0 Å². The Morgan fingerprint density at radius 2 is 0.971 bits per heavy atom. The van der Waals surface area contributed by atoms with Crippen LogP contribution in [0.3, 0.4) is 0 Å². The molecular weight excluding hydrogens is 448 g/mol. The molecule has 0 bridgehead atoms. The first-order valence-electron chi connectivity index (χ1n) is 11.8. The van der Waals surface area contributed by atoms with Gasteiger partial charge in [0.2, 0.25) is 0 Å². The van der Waals surface area contributed by atoms with Crippen LogP contribution >= 0.6 is 11.3 Å². The highest BCUT2D eigenvalue weighted by molar-refractivity contribution is 7.18. The van der Waals surface area contributed by atoms with Gasteiger partial charge in [-0.15, -0.1) is 11.3 Å². The van der Waals surface area contributed by atoms with Gasteiger partial charge >= 0.3 is 0 Å². The van der Waals surface area contributed by atoms with Crippen molar-refractivity contribution in [2.45, 2.75) is 12.8 Å². The van der Waals surface area contributed by atoms with Crippen LogP contribution < -0.4 is 11.5 Å². The Morgan fingerprint density at radius 3 is 1.43 bits per heavy atom. The molecule has 4 nitrogen and oxygen atoms in total. The molecule has 0 radical (unpaired) electrons. The zero-order valence-electron chi connectivity index (χ0n) is 19.5. The highest BCUT2D eigenvalue weighted by Gasteiger charge is 2.09. The molecule has 0 spiro atoms. The third-order valence-electron chi connectivity index (χ3n) is 6.04. The number of pyridine rings is 2. The maximum absolute atomic E-state index is 5.74. The van der Waals surface area contributed by atoms with Crippen LogP contribution in [0.5, 0.6) is 0 Å². The van der Waals surface area contributed by atoms with E-state index in [0.29, 0.717) is 13.1 Å². The molecule has 5 heteroatoms. The van der Waals surface area contributed by atoms with Crippen molar-refractivity contribution in [3.05, 3.63) is 109 Å². The first-order chi connectivity index (χ1) is 17.2. The van der Waals surface area contributed by atoms with Gasteiger partial charge in [0.15, 0.2) is 0 Å². The second kappa shape index (κ2) is 10.7. The average Bonchev–Trinajstić information content (AvgIpc) is 3.40. The van der Waals surface area contributed by atoms with Crippen molar-refractivity contribution in [2.75, 3.05) is 13.1 Å². The molecule has 2 aromatic carbocycles. The molecule has 0 aliphatic carbocycles. The standard InChI is InChI=1S/C30H28N4S/c31-11-9-21-3-1-5-23(13-21)25-15-27(19-33-17-25)29-7-8-30(35-29)28-16-26(18-34-20-28)24-6-2-4-22(14-24)10-12-32/h1-8,13-20H,9-12,31-32H2. The predicted octanol–water partition coefficient (Wildman–Crippen LogP) is 6.21. The van der Waals surface area contributed by atoms with Crippen LogP contribution in [-0.4, -0.2) is 23.1 Å². The minimum Gasteiger partial charge on any atom is -0.330 e. The van der Waals surface area contributed by atoms with Crippen molar-refractivity contribution < 1.29 is 0 Å². The van der Waals surface area contributed by atoms with E-state index in [2.05, 4.69) is 82.8 Å². The Balaban J connectivity index is 1.42. The van der Waals surface area contributed by atoms with Crippen LogP contribution in [0.15, 0.2) is 97.6 Å². The quantitative estimate of drug-likeness (QED) is 0.279. The van der Waals surface area contributed by atoms with Crippen LogP contribution in [0.25, 0.3) is 43.1 Å². The van der Waals surface area contributed by atoms with Crippen LogP contribution in [0.2, 0.25) is 0 Å². The maximum atomic E-state index is 5.74. The van der Waals surface area contributed by atoms with E-state index < -0.39 is 0 Å². The molecule has 0 unspecified atom stereocenters. The van der Waals surface area contributed by atoms with Gasteiger partial charge in [-0.1, -0.05) is 48.5 Å². The van der Waals surface area contributed by atoms with E-state index in [1.165, 1.54) is 20.9 Å². The Bertz CT molecular complexity index is 1330. The fraction of sp³-hybridized carbons (Fsp3) is 0.133. The topological polar surface area (TPSA) is 77.8 Å². The third-order valence-corrected chi connectivity index (χ3v) is 7.22. The Labute approximate surface area is 210 Å². The average molecular weight is 477 g/mol. The van der Waals surface area contributed by atoms with Crippen LogP contribution in [-0.2, 0) is 12.8 Å². The second-order valence-electron chi connectivity index (χ2n) is 8.57. The molecule has 0 fully saturated rings. The molecule has 0 atom stereocenters. The molecule has 0 saturated carbocycles. The highest BCUT2D eigenvalue weighted by Crippen LogP contribution is 2.36. The summed E-state index contributed by atoms with van der Waals surface area (Å²) < 4.78 is 0. The number of benzene rings is 2. The molecule has 5 rings (SSSR count). The van der Waals surface area contributed by atoms with Crippen molar-refractivity contribution in [1.29, 1.82) is 0 Å². The molecule has 0 aliphatic heterocycles. The minimum atomic E-state index is 0.648. The number of nitrogens with zero attached hydrogens (tertiary/aromatic N) is 2.